The monoisotopic (exact) mass is 240 g/mol. The van der Waals surface area contributed by atoms with Gasteiger partial charge < -0.3 is 5.11 Å². The molecule has 0 aliphatic rings. The molecule has 0 spiro atoms. The molecule has 18 heavy (non-hydrogen) atoms. The third-order valence-electron chi connectivity index (χ3n) is 3.93. The standard InChI is InChI=1S/C17H20O/c1-12-13(2)16(18)11-10-15(12)17(3,4)14-8-6-5-7-9-14/h5-11,18H,1-4H3. The van der Waals surface area contributed by atoms with E-state index in [1.165, 1.54) is 16.7 Å². The van der Waals surface area contributed by atoms with Crippen LogP contribution in [0.15, 0.2) is 42.5 Å². The second-order valence-corrected chi connectivity index (χ2v) is 5.37. The lowest BCUT2D eigenvalue weighted by atomic mass is 9.75. The predicted octanol–water partition coefficient (Wildman–Crippen LogP) is 4.33. The summed E-state index contributed by atoms with van der Waals surface area (Å²) in [5.74, 6) is 0.375. The minimum absolute atomic E-state index is 0.0518. The van der Waals surface area contributed by atoms with Crippen LogP contribution in [0.2, 0.25) is 0 Å². The Hall–Kier alpha value is -1.76. The Labute approximate surface area is 109 Å². The summed E-state index contributed by atoms with van der Waals surface area (Å²) in [6, 6.07) is 14.3. The van der Waals surface area contributed by atoms with Crippen LogP contribution in [0.5, 0.6) is 5.75 Å². The van der Waals surface area contributed by atoms with Gasteiger partial charge in [-0.3, -0.25) is 0 Å². The first-order valence-electron chi connectivity index (χ1n) is 6.29. The van der Waals surface area contributed by atoms with Gasteiger partial charge in [-0.15, -0.1) is 0 Å². The lowest BCUT2D eigenvalue weighted by Crippen LogP contribution is -2.20. The summed E-state index contributed by atoms with van der Waals surface area (Å²) in [7, 11) is 0. The fourth-order valence-corrected chi connectivity index (χ4v) is 2.49. The highest BCUT2D eigenvalue weighted by atomic mass is 16.3. The van der Waals surface area contributed by atoms with E-state index in [0.717, 1.165) is 5.56 Å². The highest BCUT2D eigenvalue weighted by Crippen LogP contribution is 2.36. The molecule has 0 atom stereocenters. The molecule has 0 heterocycles. The van der Waals surface area contributed by atoms with Crippen molar-refractivity contribution in [1.82, 2.24) is 0 Å². The van der Waals surface area contributed by atoms with Gasteiger partial charge in [0.1, 0.15) is 5.75 Å². The van der Waals surface area contributed by atoms with Gasteiger partial charge in [-0.05, 0) is 42.2 Å². The SMILES string of the molecule is Cc1c(O)ccc(C(C)(C)c2ccccc2)c1C. The van der Waals surface area contributed by atoms with Crippen LogP contribution < -0.4 is 0 Å². The normalized spacial score (nSPS) is 11.6. The average molecular weight is 240 g/mol. The van der Waals surface area contributed by atoms with Crippen LogP contribution in [0.25, 0.3) is 0 Å². The van der Waals surface area contributed by atoms with Crippen molar-refractivity contribution < 1.29 is 5.11 Å². The van der Waals surface area contributed by atoms with Crippen molar-refractivity contribution in [2.75, 3.05) is 0 Å². The van der Waals surface area contributed by atoms with Crippen LogP contribution >= 0.6 is 0 Å². The van der Waals surface area contributed by atoms with Gasteiger partial charge in [0, 0.05) is 5.41 Å². The average Bonchev–Trinajstić information content (AvgIpc) is 2.37. The van der Waals surface area contributed by atoms with E-state index < -0.39 is 0 Å². The Morgan fingerprint density at radius 1 is 0.833 bits per heavy atom. The Kier molecular flexibility index (Phi) is 3.16. The van der Waals surface area contributed by atoms with E-state index in [9.17, 15) is 5.11 Å². The second kappa shape index (κ2) is 4.49. The molecule has 0 aliphatic carbocycles. The highest BCUT2D eigenvalue weighted by molar-refractivity contribution is 5.49. The molecule has 1 nitrogen and oxygen atoms in total. The molecule has 2 rings (SSSR count). The van der Waals surface area contributed by atoms with Gasteiger partial charge in [-0.1, -0.05) is 50.2 Å². The molecule has 94 valence electrons. The number of hydrogen-bond acceptors (Lipinski definition) is 1. The number of phenolic OH excluding ortho intramolecular Hbond substituents is 1. The van der Waals surface area contributed by atoms with Gasteiger partial charge in [0.05, 0.1) is 0 Å². The first-order chi connectivity index (χ1) is 8.44. The molecular formula is C17H20O. The van der Waals surface area contributed by atoms with Crippen molar-refractivity contribution >= 4 is 0 Å². The third kappa shape index (κ3) is 2.01. The molecule has 0 radical (unpaired) electrons. The number of hydrogen-bond donors (Lipinski definition) is 1. The number of rotatable bonds is 2. The molecule has 0 aliphatic heterocycles. The summed E-state index contributed by atoms with van der Waals surface area (Å²) in [5, 5.41) is 9.76. The number of phenols is 1. The number of aromatic hydroxyl groups is 1. The Bertz CT molecular complexity index is 553. The minimum Gasteiger partial charge on any atom is -0.508 e. The van der Waals surface area contributed by atoms with Crippen LogP contribution in [-0.2, 0) is 5.41 Å². The van der Waals surface area contributed by atoms with E-state index in [1.54, 1.807) is 6.07 Å². The fraction of sp³-hybridized carbons (Fsp3) is 0.294. The van der Waals surface area contributed by atoms with Crippen LogP contribution in [0.3, 0.4) is 0 Å². The van der Waals surface area contributed by atoms with Crippen LogP contribution in [-0.4, -0.2) is 5.11 Å². The largest absolute Gasteiger partial charge is 0.508 e. The zero-order valence-corrected chi connectivity index (χ0v) is 11.5. The van der Waals surface area contributed by atoms with E-state index >= 15 is 0 Å². The molecule has 0 saturated heterocycles. The zero-order valence-electron chi connectivity index (χ0n) is 11.5. The van der Waals surface area contributed by atoms with Crippen molar-refractivity contribution in [1.29, 1.82) is 0 Å². The quantitative estimate of drug-likeness (QED) is 0.828. The molecule has 1 N–H and O–H groups in total. The molecule has 2 aromatic carbocycles. The van der Waals surface area contributed by atoms with Crippen LogP contribution in [0, 0.1) is 13.8 Å². The second-order valence-electron chi connectivity index (χ2n) is 5.37. The van der Waals surface area contributed by atoms with Crippen molar-refractivity contribution in [2.45, 2.75) is 33.1 Å². The molecular weight excluding hydrogens is 220 g/mol. The van der Waals surface area contributed by atoms with E-state index in [0.29, 0.717) is 5.75 Å². The van der Waals surface area contributed by atoms with Gasteiger partial charge in [0.2, 0.25) is 0 Å². The van der Waals surface area contributed by atoms with Crippen molar-refractivity contribution in [2.24, 2.45) is 0 Å². The Balaban J connectivity index is 2.58. The summed E-state index contributed by atoms with van der Waals surface area (Å²) >= 11 is 0. The van der Waals surface area contributed by atoms with Crippen molar-refractivity contribution in [3.63, 3.8) is 0 Å². The first kappa shape index (κ1) is 12.7. The van der Waals surface area contributed by atoms with Gasteiger partial charge >= 0.3 is 0 Å². The van der Waals surface area contributed by atoms with E-state index in [4.69, 9.17) is 0 Å². The first-order valence-corrected chi connectivity index (χ1v) is 6.29. The molecule has 0 fully saturated rings. The van der Waals surface area contributed by atoms with E-state index in [-0.39, 0.29) is 5.41 Å². The topological polar surface area (TPSA) is 20.2 Å². The van der Waals surface area contributed by atoms with Crippen LogP contribution in [0.4, 0.5) is 0 Å². The third-order valence-corrected chi connectivity index (χ3v) is 3.93. The van der Waals surface area contributed by atoms with Crippen molar-refractivity contribution in [3.05, 3.63) is 64.7 Å². The van der Waals surface area contributed by atoms with Gasteiger partial charge in [0.15, 0.2) is 0 Å². The molecule has 1 heteroatoms. The highest BCUT2D eigenvalue weighted by Gasteiger charge is 2.25. The Morgan fingerprint density at radius 3 is 2.06 bits per heavy atom. The molecule has 0 saturated carbocycles. The molecule has 0 bridgehead atoms. The molecule has 0 amide bonds. The number of benzene rings is 2. The maximum atomic E-state index is 9.76. The minimum atomic E-state index is -0.0518. The predicted molar refractivity (Wildman–Crippen MR) is 76.2 cm³/mol. The van der Waals surface area contributed by atoms with E-state index in [1.807, 2.05) is 19.1 Å². The summed E-state index contributed by atoms with van der Waals surface area (Å²) in [6.07, 6.45) is 0. The summed E-state index contributed by atoms with van der Waals surface area (Å²) in [6.45, 7) is 8.49. The summed E-state index contributed by atoms with van der Waals surface area (Å²) in [5.41, 5.74) is 4.65. The smallest absolute Gasteiger partial charge is 0.118 e. The molecule has 2 aromatic rings. The van der Waals surface area contributed by atoms with Gasteiger partial charge in [-0.25, -0.2) is 0 Å². The van der Waals surface area contributed by atoms with Crippen LogP contribution in [0.1, 0.15) is 36.1 Å². The van der Waals surface area contributed by atoms with Crippen molar-refractivity contribution in [3.8, 4) is 5.75 Å². The molecule has 0 unspecified atom stereocenters. The fourth-order valence-electron chi connectivity index (χ4n) is 2.49. The van der Waals surface area contributed by atoms with Gasteiger partial charge in [-0.2, -0.15) is 0 Å². The lowest BCUT2D eigenvalue weighted by Gasteiger charge is -2.28. The molecule has 0 aromatic heterocycles. The summed E-state index contributed by atoms with van der Waals surface area (Å²) in [4.78, 5) is 0. The maximum Gasteiger partial charge on any atom is 0.118 e. The van der Waals surface area contributed by atoms with Gasteiger partial charge in [0.25, 0.3) is 0 Å². The Morgan fingerprint density at radius 2 is 1.44 bits per heavy atom. The van der Waals surface area contributed by atoms with E-state index in [2.05, 4.69) is 45.0 Å². The lowest BCUT2D eigenvalue weighted by molar-refractivity contribution is 0.469. The summed E-state index contributed by atoms with van der Waals surface area (Å²) < 4.78 is 0. The zero-order chi connectivity index (χ0) is 13.3. The maximum absolute atomic E-state index is 9.76.